The van der Waals surface area contributed by atoms with Gasteiger partial charge >= 0.3 is 11.9 Å². The molecule has 2 aliphatic heterocycles. The second kappa shape index (κ2) is 10.4. The van der Waals surface area contributed by atoms with Crippen LogP contribution in [0.15, 0.2) is 53.1 Å². The number of aryl methyl sites for hydroxylation is 1. The standard InChI is InChI=1S/C30H30FN3O6/c1-18-2-4-19(5-3-18)27-26(17-40-30(27)38)39-13-12-32-8-10-33(11-9-32)25-15-24-21(14-23(25)31)28(35)22(29(36)37)16-34(24)20-6-7-20/h2-5,14-16,20H,6-13,17H2,1H3,(H,36,37). The van der Waals surface area contributed by atoms with E-state index in [-0.39, 0.29) is 29.6 Å². The Kier molecular flexibility index (Phi) is 6.79. The molecular formula is C30H30FN3O6. The van der Waals surface area contributed by atoms with E-state index in [9.17, 15) is 19.5 Å². The van der Waals surface area contributed by atoms with Crippen molar-refractivity contribution in [2.75, 3.05) is 50.8 Å². The van der Waals surface area contributed by atoms with Crippen LogP contribution >= 0.6 is 0 Å². The summed E-state index contributed by atoms with van der Waals surface area (Å²) in [6, 6.07) is 10.7. The average molecular weight is 548 g/mol. The summed E-state index contributed by atoms with van der Waals surface area (Å²) in [6.07, 6.45) is 3.19. The zero-order chi connectivity index (χ0) is 28.0. The summed E-state index contributed by atoms with van der Waals surface area (Å²) in [5.74, 6) is -1.68. The quantitative estimate of drug-likeness (QED) is 0.427. The predicted octanol–water partition coefficient (Wildman–Crippen LogP) is 3.59. The third-order valence-electron chi connectivity index (χ3n) is 7.83. The van der Waals surface area contributed by atoms with Gasteiger partial charge in [-0.1, -0.05) is 29.8 Å². The number of carboxylic acids is 1. The predicted molar refractivity (Wildman–Crippen MR) is 147 cm³/mol. The first kappa shape index (κ1) is 26.1. The van der Waals surface area contributed by atoms with Gasteiger partial charge in [0.2, 0.25) is 5.43 Å². The van der Waals surface area contributed by atoms with E-state index in [1.165, 1.54) is 12.3 Å². The van der Waals surface area contributed by atoms with Crippen LogP contribution < -0.4 is 10.3 Å². The highest BCUT2D eigenvalue weighted by Gasteiger charge is 2.30. The van der Waals surface area contributed by atoms with Gasteiger partial charge in [-0.15, -0.1) is 0 Å². The van der Waals surface area contributed by atoms with Crippen LogP contribution in [0.3, 0.4) is 0 Å². The molecule has 1 aliphatic carbocycles. The van der Waals surface area contributed by atoms with E-state index in [2.05, 4.69) is 4.90 Å². The number of cyclic esters (lactones) is 1. The number of carboxylic acid groups (broad SMARTS) is 1. The van der Waals surface area contributed by atoms with Crippen molar-refractivity contribution in [1.82, 2.24) is 9.47 Å². The molecule has 0 unspecified atom stereocenters. The van der Waals surface area contributed by atoms with E-state index >= 15 is 4.39 Å². The fraction of sp³-hybridized carbons (Fsp3) is 0.367. The fourth-order valence-corrected chi connectivity index (χ4v) is 5.42. The lowest BCUT2D eigenvalue weighted by Crippen LogP contribution is -2.47. The number of aromatic carboxylic acids is 1. The number of nitrogens with zero attached hydrogens (tertiary/aromatic N) is 3. The van der Waals surface area contributed by atoms with E-state index in [4.69, 9.17) is 9.47 Å². The number of rotatable bonds is 8. The Balaban J connectivity index is 1.12. The number of benzene rings is 2. The molecule has 1 saturated carbocycles. The van der Waals surface area contributed by atoms with Gasteiger partial charge in [0.05, 0.1) is 11.2 Å². The van der Waals surface area contributed by atoms with E-state index < -0.39 is 17.2 Å². The first-order valence-corrected chi connectivity index (χ1v) is 13.5. The number of carbonyl (C=O) groups is 2. The summed E-state index contributed by atoms with van der Waals surface area (Å²) in [7, 11) is 0. The van der Waals surface area contributed by atoms with Crippen LogP contribution in [0.1, 0.15) is 40.4 Å². The normalized spacial score (nSPS) is 17.9. The first-order valence-electron chi connectivity index (χ1n) is 13.5. The molecule has 0 amide bonds. The molecule has 40 heavy (non-hydrogen) atoms. The second-order valence-electron chi connectivity index (χ2n) is 10.6. The molecule has 0 bridgehead atoms. The van der Waals surface area contributed by atoms with Crippen LogP contribution in [0.2, 0.25) is 0 Å². The minimum absolute atomic E-state index is 0.0949. The Bertz CT molecular complexity index is 1580. The van der Waals surface area contributed by atoms with Gasteiger partial charge < -0.3 is 24.0 Å². The molecule has 0 radical (unpaired) electrons. The molecule has 3 aromatic rings. The molecule has 10 heteroatoms. The van der Waals surface area contributed by atoms with Crippen molar-refractivity contribution in [2.24, 2.45) is 0 Å². The molecule has 3 heterocycles. The number of esters is 1. The zero-order valence-corrected chi connectivity index (χ0v) is 22.2. The number of carbonyl (C=O) groups excluding carboxylic acids is 1. The Hall–Kier alpha value is -4.18. The monoisotopic (exact) mass is 547 g/mol. The summed E-state index contributed by atoms with van der Waals surface area (Å²) in [4.78, 5) is 40.8. The third-order valence-corrected chi connectivity index (χ3v) is 7.83. The van der Waals surface area contributed by atoms with Gasteiger partial charge in [-0.2, -0.15) is 0 Å². The molecule has 3 aliphatic rings. The lowest BCUT2D eigenvalue weighted by atomic mass is 10.0. The Morgan fingerprint density at radius 2 is 1.82 bits per heavy atom. The molecule has 0 atom stereocenters. The minimum atomic E-state index is -1.30. The number of hydrogen-bond acceptors (Lipinski definition) is 7. The fourth-order valence-electron chi connectivity index (χ4n) is 5.42. The maximum absolute atomic E-state index is 15.3. The van der Waals surface area contributed by atoms with Crippen molar-refractivity contribution in [1.29, 1.82) is 0 Å². The molecule has 2 fully saturated rings. The number of fused-ring (bicyclic) bond motifs is 1. The summed E-state index contributed by atoms with van der Waals surface area (Å²) in [5.41, 5.74) is 2.33. The molecule has 1 aromatic heterocycles. The molecule has 1 saturated heterocycles. The molecule has 208 valence electrons. The van der Waals surface area contributed by atoms with Crippen LogP contribution in [0.25, 0.3) is 16.5 Å². The van der Waals surface area contributed by atoms with Crippen molar-refractivity contribution in [2.45, 2.75) is 25.8 Å². The Labute approximate surface area is 230 Å². The summed E-state index contributed by atoms with van der Waals surface area (Å²) < 4.78 is 28.3. The van der Waals surface area contributed by atoms with E-state index in [1.54, 1.807) is 6.07 Å². The molecule has 2 aromatic carbocycles. The van der Waals surface area contributed by atoms with E-state index in [0.717, 1.165) is 24.0 Å². The SMILES string of the molecule is Cc1ccc(C2=C(OCCN3CCN(c4cc5c(cc4F)c(=O)c(C(=O)O)cn5C4CC4)CC3)COC2=O)cc1. The van der Waals surface area contributed by atoms with Gasteiger partial charge in [0, 0.05) is 50.3 Å². The van der Waals surface area contributed by atoms with E-state index in [0.29, 0.717) is 61.9 Å². The summed E-state index contributed by atoms with van der Waals surface area (Å²) in [5, 5.41) is 9.56. The number of aromatic nitrogens is 1. The summed E-state index contributed by atoms with van der Waals surface area (Å²) in [6.45, 7) is 5.69. The number of piperazine rings is 1. The van der Waals surface area contributed by atoms with Crippen LogP contribution in [-0.2, 0) is 14.3 Å². The van der Waals surface area contributed by atoms with E-state index in [1.807, 2.05) is 40.7 Å². The Morgan fingerprint density at radius 3 is 2.50 bits per heavy atom. The molecule has 9 nitrogen and oxygen atoms in total. The van der Waals surface area contributed by atoms with Gasteiger partial charge in [-0.25, -0.2) is 14.0 Å². The van der Waals surface area contributed by atoms with Crippen LogP contribution in [0.4, 0.5) is 10.1 Å². The van der Waals surface area contributed by atoms with Crippen LogP contribution in [0, 0.1) is 12.7 Å². The number of halogens is 1. The largest absolute Gasteiger partial charge is 0.492 e. The minimum Gasteiger partial charge on any atom is -0.492 e. The Morgan fingerprint density at radius 1 is 1.10 bits per heavy atom. The average Bonchev–Trinajstić information content (AvgIpc) is 3.72. The van der Waals surface area contributed by atoms with Crippen molar-refractivity contribution in [3.63, 3.8) is 0 Å². The highest BCUT2D eigenvalue weighted by atomic mass is 19.1. The number of hydrogen-bond donors (Lipinski definition) is 1. The van der Waals surface area contributed by atoms with Gasteiger partial charge in [0.25, 0.3) is 0 Å². The van der Waals surface area contributed by atoms with Crippen molar-refractivity contribution < 1.29 is 28.6 Å². The van der Waals surface area contributed by atoms with Crippen molar-refractivity contribution in [3.05, 3.63) is 81.1 Å². The van der Waals surface area contributed by atoms with Gasteiger partial charge in [-0.05, 0) is 37.5 Å². The third kappa shape index (κ3) is 4.95. The van der Waals surface area contributed by atoms with Gasteiger partial charge in [0.15, 0.2) is 0 Å². The maximum Gasteiger partial charge on any atom is 0.342 e. The highest BCUT2D eigenvalue weighted by molar-refractivity contribution is 6.18. The smallest absolute Gasteiger partial charge is 0.342 e. The molecule has 0 spiro atoms. The lowest BCUT2D eigenvalue weighted by molar-refractivity contribution is -0.134. The first-order chi connectivity index (χ1) is 19.3. The summed E-state index contributed by atoms with van der Waals surface area (Å²) >= 11 is 0. The maximum atomic E-state index is 15.3. The van der Waals surface area contributed by atoms with Crippen molar-refractivity contribution >= 4 is 34.1 Å². The van der Waals surface area contributed by atoms with Gasteiger partial charge in [0.1, 0.15) is 35.9 Å². The van der Waals surface area contributed by atoms with Crippen LogP contribution in [0.5, 0.6) is 0 Å². The number of pyridine rings is 1. The second-order valence-corrected chi connectivity index (χ2v) is 10.6. The molecular weight excluding hydrogens is 517 g/mol. The molecule has 6 rings (SSSR count). The van der Waals surface area contributed by atoms with Gasteiger partial charge in [-0.3, -0.25) is 9.69 Å². The highest BCUT2D eigenvalue weighted by Crippen LogP contribution is 2.38. The molecule has 1 N–H and O–H groups in total. The van der Waals surface area contributed by atoms with Crippen molar-refractivity contribution in [3.8, 4) is 0 Å². The number of anilines is 1. The number of ether oxygens (including phenoxy) is 2. The van der Waals surface area contributed by atoms with Crippen LogP contribution in [-0.4, -0.2) is 72.4 Å². The zero-order valence-electron chi connectivity index (χ0n) is 22.2. The lowest BCUT2D eigenvalue weighted by Gasteiger charge is -2.36. The topological polar surface area (TPSA) is 101 Å².